The van der Waals surface area contributed by atoms with E-state index in [1.807, 2.05) is 13.1 Å². The second-order valence-electron chi connectivity index (χ2n) is 6.40. The van der Waals surface area contributed by atoms with Gasteiger partial charge in [0.25, 0.3) is 5.91 Å². The van der Waals surface area contributed by atoms with Gasteiger partial charge in [0.1, 0.15) is 5.75 Å². The molecule has 0 saturated carbocycles. The fraction of sp³-hybridized carbons (Fsp3) is 0.533. The van der Waals surface area contributed by atoms with Crippen LogP contribution in [0.1, 0.15) is 27.7 Å². The van der Waals surface area contributed by atoms with E-state index in [0.717, 1.165) is 5.69 Å². The van der Waals surface area contributed by atoms with Crippen LogP contribution in [0, 0.1) is 5.41 Å². The van der Waals surface area contributed by atoms with Crippen LogP contribution < -0.4 is 20.7 Å². The lowest BCUT2D eigenvalue weighted by molar-refractivity contribution is -0.118. The summed E-state index contributed by atoms with van der Waals surface area (Å²) in [6.07, 6.45) is 0. The molecule has 20 heavy (non-hydrogen) atoms. The molecular weight excluding hydrogens is 254 g/mol. The molecule has 5 nitrogen and oxygen atoms in total. The van der Waals surface area contributed by atoms with Gasteiger partial charge in [0.2, 0.25) is 0 Å². The van der Waals surface area contributed by atoms with Crippen molar-refractivity contribution in [3.8, 4) is 5.75 Å². The highest BCUT2D eigenvalue weighted by molar-refractivity contribution is 5.97. The van der Waals surface area contributed by atoms with Crippen LogP contribution in [0.5, 0.6) is 5.75 Å². The van der Waals surface area contributed by atoms with E-state index in [9.17, 15) is 4.79 Å². The molecule has 1 aromatic rings. The summed E-state index contributed by atoms with van der Waals surface area (Å²) in [5.74, 6) is 0.488. The topological polar surface area (TPSA) is 67.6 Å². The van der Waals surface area contributed by atoms with Gasteiger partial charge in [-0.15, -0.1) is 0 Å². The highest BCUT2D eigenvalue weighted by Crippen LogP contribution is 2.38. The first-order chi connectivity index (χ1) is 9.20. The predicted octanol–water partition coefficient (Wildman–Crippen LogP) is 2.47. The molecule has 5 heteroatoms. The standard InChI is InChI=1S/C15H23N3O2/c1-9(15(2,3)4)18(5)12-7-11-13(6-10(12)16)20-8-14(19)17-11/h6-7,9H,8,16H2,1-5H3,(H,17,19). The molecule has 0 fully saturated rings. The van der Waals surface area contributed by atoms with E-state index >= 15 is 0 Å². The molecule has 2 rings (SSSR count). The molecular formula is C15H23N3O2. The molecule has 1 amide bonds. The first kappa shape index (κ1) is 14.5. The minimum atomic E-state index is -0.139. The van der Waals surface area contributed by atoms with Gasteiger partial charge in [0.05, 0.1) is 17.1 Å². The molecule has 0 bridgehead atoms. The number of hydrogen-bond donors (Lipinski definition) is 2. The van der Waals surface area contributed by atoms with Gasteiger partial charge < -0.3 is 20.7 Å². The lowest BCUT2D eigenvalue weighted by Crippen LogP contribution is -2.39. The molecule has 110 valence electrons. The van der Waals surface area contributed by atoms with Crippen molar-refractivity contribution in [2.24, 2.45) is 5.41 Å². The van der Waals surface area contributed by atoms with Crippen LogP contribution in [-0.4, -0.2) is 25.6 Å². The average Bonchev–Trinajstić information content (AvgIpc) is 2.35. The second kappa shape index (κ2) is 4.89. The molecule has 1 aliphatic heterocycles. The summed E-state index contributed by atoms with van der Waals surface area (Å²) in [7, 11) is 2.01. The first-order valence-corrected chi connectivity index (χ1v) is 6.79. The molecule has 1 heterocycles. The Balaban J connectivity index is 2.37. The zero-order valence-electron chi connectivity index (χ0n) is 12.8. The Morgan fingerprint density at radius 1 is 1.40 bits per heavy atom. The van der Waals surface area contributed by atoms with Gasteiger partial charge >= 0.3 is 0 Å². The van der Waals surface area contributed by atoms with Crippen molar-refractivity contribution in [3.05, 3.63) is 12.1 Å². The maximum Gasteiger partial charge on any atom is 0.262 e. The third-order valence-corrected chi connectivity index (χ3v) is 3.98. The Labute approximate surface area is 120 Å². The summed E-state index contributed by atoms with van der Waals surface area (Å²) in [5.41, 5.74) is 8.48. The van der Waals surface area contributed by atoms with Crippen molar-refractivity contribution < 1.29 is 9.53 Å². The Kier molecular flexibility index (Phi) is 3.54. The van der Waals surface area contributed by atoms with Gasteiger partial charge in [0.15, 0.2) is 6.61 Å². The second-order valence-corrected chi connectivity index (χ2v) is 6.40. The van der Waals surface area contributed by atoms with Crippen LogP contribution in [0.3, 0.4) is 0 Å². The molecule has 1 aromatic carbocycles. The van der Waals surface area contributed by atoms with Crippen molar-refractivity contribution in [1.82, 2.24) is 0 Å². The number of nitrogens with zero attached hydrogens (tertiary/aromatic N) is 1. The summed E-state index contributed by atoms with van der Waals surface area (Å²) in [6.45, 7) is 8.77. The molecule has 0 aliphatic carbocycles. The Morgan fingerprint density at radius 2 is 2.05 bits per heavy atom. The van der Waals surface area contributed by atoms with Crippen LogP contribution in [0.4, 0.5) is 17.1 Å². The van der Waals surface area contributed by atoms with Crippen LogP contribution in [0.25, 0.3) is 0 Å². The van der Waals surface area contributed by atoms with Crippen molar-refractivity contribution in [2.75, 3.05) is 29.6 Å². The normalized spacial score (nSPS) is 15.9. The van der Waals surface area contributed by atoms with E-state index in [2.05, 4.69) is 37.9 Å². The predicted molar refractivity (Wildman–Crippen MR) is 82.3 cm³/mol. The van der Waals surface area contributed by atoms with E-state index in [0.29, 0.717) is 23.2 Å². The van der Waals surface area contributed by atoms with E-state index in [1.54, 1.807) is 6.07 Å². The number of amides is 1. The molecule has 0 aromatic heterocycles. The van der Waals surface area contributed by atoms with Crippen LogP contribution in [-0.2, 0) is 4.79 Å². The van der Waals surface area contributed by atoms with Crippen LogP contribution in [0.2, 0.25) is 0 Å². The highest BCUT2D eigenvalue weighted by atomic mass is 16.5. The Bertz CT molecular complexity index is 535. The first-order valence-electron chi connectivity index (χ1n) is 6.79. The number of anilines is 3. The summed E-state index contributed by atoms with van der Waals surface area (Å²) in [6, 6.07) is 3.95. The van der Waals surface area contributed by atoms with Crippen molar-refractivity contribution >= 4 is 23.0 Å². The fourth-order valence-corrected chi connectivity index (χ4v) is 2.23. The minimum Gasteiger partial charge on any atom is -0.482 e. The van der Waals surface area contributed by atoms with E-state index in [1.165, 1.54) is 0 Å². The third-order valence-electron chi connectivity index (χ3n) is 3.98. The summed E-state index contributed by atoms with van der Waals surface area (Å²) in [4.78, 5) is 13.5. The van der Waals surface area contributed by atoms with Gasteiger partial charge in [-0.2, -0.15) is 0 Å². The van der Waals surface area contributed by atoms with Gasteiger partial charge in [-0.3, -0.25) is 4.79 Å². The zero-order valence-corrected chi connectivity index (χ0v) is 12.8. The van der Waals surface area contributed by atoms with Crippen LogP contribution >= 0.6 is 0 Å². The lowest BCUT2D eigenvalue weighted by atomic mass is 9.87. The highest BCUT2D eigenvalue weighted by Gasteiger charge is 2.26. The number of carbonyl (C=O) groups excluding carboxylic acids is 1. The SMILES string of the molecule is CC(N(C)c1cc2c(cc1N)OCC(=O)N2)C(C)(C)C. The number of rotatable bonds is 2. The minimum absolute atomic E-state index is 0.0417. The molecule has 3 N–H and O–H groups in total. The zero-order chi connectivity index (χ0) is 15.1. The van der Waals surface area contributed by atoms with Crippen molar-refractivity contribution in [3.63, 3.8) is 0 Å². The number of ether oxygens (including phenoxy) is 1. The largest absolute Gasteiger partial charge is 0.482 e. The monoisotopic (exact) mass is 277 g/mol. The summed E-state index contributed by atoms with van der Waals surface area (Å²) < 4.78 is 5.37. The summed E-state index contributed by atoms with van der Waals surface area (Å²) in [5, 5.41) is 2.81. The molecule has 0 radical (unpaired) electrons. The third kappa shape index (κ3) is 2.66. The fourth-order valence-electron chi connectivity index (χ4n) is 2.23. The van der Waals surface area contributed by atoms with E-state index in [4.69, 9.17) is 10.5 Å². The summed E-state index contributed by atoms with van der Waals surface area (Å²) >= 11 is 0. The number of benzene rings is 1. The van der Waals surface area contributed by atoms with Crippen molar-refractivity contribution in [1.29, 1.82) is 0 Å². The maximum absolute atomic E-state index is 11.4. The molecule has 1 unspecified atom stereocenters. The Morgan fingerprint density at radius 3 is 2.65 bits per heavy atom. The number of nitrogen functional groups attached to an aromatic ring is 1. The van der Waals surface area contributed by atoms with Crippen molar-refractivity contribution in [2.45, 2.75) is 33.7 Å². The van der Waals surface area contributed by atoms with Crippen LogP contribution in [0.15, 0.2) is 12.1 Å². The quantitative estimate of drug-likeness (QED) is 0.815. The smallest absolute Gasteiger partial charge is 0.262 e. The van der Waals surface area contributed by atoms with Gasteiger partial charge in [-0.25, -0.2) is 0 Å². The van der Waals surface area contributed by atoms with Gasteiger partial charge in [-0.1, -0.05) is 20.8 Å². The number of nitrogens with one attached hydrogen (secondary N) is 1. The number of nitrogens with two attached hydrogens (primary N) is 1. The average molecular weight is 277 g/mol. The number of carbonyl (C=O) groups is 1. The van der Waals surface area contributed by atoms with Gasteiger partial charge in [-0.05, 0) is 18.4 Å². The molecule has 0 spiro atoms. The lowest BCUT2D eigenvalue weighted by Gasteiger charge is -2.37. The molecule has 1 atom stereocenters. The van der Waals surface area contributed by atoms with E-state index < -0.39 is 0 Å². The molecule has 1 aliphatic rings. The van der Waals surface area contributed by atoms with E-state index in [-0.39, 0.29) is 17.9 Å². The number of hydrogen-bond acceptors (Lipinski definition) is 4. The Hall–Kier alpha value is -1.91. The number of fused-ring (bicyclic) bond motifs is 1. The van der Waals surface area contributed by atoms with Gasteiger partial charge in [0, 0.05) is 19.2 Å². The molecule has 0 saturated heterocycles. The maximum atomic E-state index is 11.4.